The van der Waals surface area contributed by atoms with Crippen LogP contribution in [0.1, 0.15) is 68.9 Å². The Labute approximate surface area is 264 Å². The molecule has 15 nitrogen and oxygen atoms in total. The predicted octanol–water partition coefficient (Wildman–Crippen LogP) is -1.87. The van der Waals surface area contributed by atoms with Gasteiger partial charge >= 0.3 is 0 Å². The zero-order valence-electron chi connectivity index (χ0n) is 25.9. The number of benzene rings is 1. The van der Waals surface area contributed by atoms with E-state index in [-0.39, 0.29) is 50.2 Å². The van der Waals surface area contributed by atoms with Crippen molar-refractivity contribution in [2.75, 3.05) is 26.2 Å². The van der Waals surface area contributed by atoms with E-state index in [0.717, 1.165) is 5.56 Å². The largest absolute Gasteiger partial charge is 0.370 e. The topological polar surface area (TPSA) is 262 Å². The molecule has 1 aliphatic rings. The van der Waals surface area contributed by atoms with Crippen molar-refractivity contribution < 1.29 is 24.0 Å². The van der Waals surface area contributed by atoms with Gasteiger partial charge < -0.3 is 49.5 Å². The van der Waals surface area contributed by atoms with Crippen molar-refractivity contribution in [2.24, 2.45) is 27.9 Å². The highest BCUT2D eigenvalue weighted by atomic mass is 16.2. The third-order valence-corrected chi connectivity index (χ3v) is 7.26. The van der Waals surface area contributed by atoms with E-state index < -0.39 is 35.8 Å². The Hall–Kier alpha value is -4.24. The zero-order chi connectivity index (χ0) is 33.0. The lowest BCUT2D eigenvalue weighted by Gasteiger charge is -2.23. The maximum atomic E-state index is 13.4. The van der Waals surface area contributed by atoms with Gasteiger partial charge in [-0.15, -0.1) is 0 Å². The second kappa shape index (κ2) is 20.7. The molecule has 2 rings (SSSR count). The molecule has 0 saturated carbocycles. The number of nitrogens with zero attached hydrogens (tertiary/aromatic N) is 1. The Morgan fingerprint density at radius 3 is 2.07 bits per heavy atom. The van der Waals surface area contributed by atoms with Gasteiger partial charge in [0.15, 0.2) is 5.96 Å². The van der Waals surface area contributed by atoms with Crippen LogP contribution in [-0.2, 0) is 36.9 Å². The average Bonchev–Trinajstić information content (AvgIpc) is 3.00. The molecule has 3 atom stereocenters. The Kier molecular flexibility index (Phi) is 17.0. The first-order chi connectivity index (χ1) is 21.6. The summed E-state index contributed by atoms with van der Waals surface area (Å²) in [7, 11) is 0. The van der Waals surface area contributed by atoms with E-state index >= 15 is 0 Å². The number of hydrogen-bond donors (Lipinski definition) is 9. The van der Waals surface area contributed by atoms with Crippen molar-refractivity contribution in [3.63, 3.8) is 0 Å². The van der Waals surface area contributed by atoms with Gasteiger partial charge in [0.1, 0.15) is 18.1 Å². The Morgan fingerprint density at radius 1 is 0.733 bits per heavy atom. The monoisotopic (exact) mass is 630 g/mol. The number of rotatable bonds is 9. The number of amides is 5. The Balaban J connectivity index is 2.27. The molecule has 0 unspecified atom stereocenters. The van der Waals surface area contributed by atoms with Crippen molar-refractivity contribution in [1.82, 2.24) is 26.6 Å². The highest BCUT2D eigenvalue weighted by Crippen LogP contribution is 2.10. The minimum atomic E-state index is -0.902. The van der Waals surface area contributed by atoms with Gasteiger partial charge in [0.05, 0.1) is 13.0 Å². The van der Waals surface area contributed by atoms with Gasteiger partial charge in [-0.1, -0.05) is 24.3 Å². The summed E-state index contributed by atoms with van der Waals surface area (Å²) >= 11 is 0. The van der Waals surface area contributed by atoms with Crippen LogP contribution in [0.4, 0.5) is 0 Å². The number of nitrogens with two attached hydrogens (primary N) is 4. The maximum absolute atomic E-state index is 13.4. The Bertz CT molecular complexity index is 1160. The lowest BCUT2D eigenvalue weighted by atomic mass is 10.0. The minimum Gasteiger partial charge on any atom is -0.370 e. The van der Waals surface area contributed by atoms with Gasteiger partial charge in [-0.2, -0.15) is 0 Å². The van der Waals surface area contributed by atoms with Gasteiger partial charge in [0.2, 0.25) is 29.5 Å². The van der Waals surface area contributed by atoms with Gasteiger partial charge in [-0.3, -0.25) is 24.0 Å². The number of aliphatic imine (C=N–C) groups is 1. The molecule has 0 spiro atoms. The first-order valence-electron chi connectivity index (χ1n) is 15.6. The number of guanidine groups is 1. The second-order valence-electron chi connectivity index (χ2n) is 11.1. The highest BCUT2D eigenvalue weighted by Gasteiger charge is 2.26. The molecule has 15 heteroatoms. The summed E-state index contributed by atoms with van der Waals surface area (Å²) < 4.78 is 0. The smallest absolute Gasteiger partial charge is 0.245 e. The summed E-state index contributed by atoms with van der Waals surface area (Å²) in [5.74, 6) is -2.33. The number of carbonyl (C=O) groups excluding carboxylic acids is 5. The number of nitrogens with one attached hydrogen (secondary N) is 5. The summed E-state index contributed by atoms with van der Waals surface area (Å²) in [6.07, 6.45) is 4.65. The van der Waals surface area contributed by atoms with Gasteiger partial charge in [0, 0.05) is 13.1 Å². The van der Waals surface area contributed by atoms with E-state index in [9.17, 15) is 24.0 Å². The fourth-order valence-corrected chi connectivity index (χ4v) is 4.86. The summed E-state index contributed by atoms with van der Waals surface area (Å²) in [5.41, 5.74) is 23.8. The molecule has 0 aliphatic carbocycles. The van der Waals surface area contributed by atoms with Crippen LogP contribution in [0.2, 0.25) is 0 Å². The van der Waals surface area contributed by atoms with Crippen molar-refractivity contribution in [3.8, 4) is 0 Å². The van der Waals surface area contributed by atoms with Crippen LogP contribution in [0.3, 0.4) is 0 Å². The normalized spacial score (nSPS) is 21.4. The molecule has 250 valence electrons. The van der Waals surface area contributed by atoms with Crippen LogP contribution in [0, 0.1) is 0 Å². The molecule has 1 heterocycles. The molecule has 2 bridgehead atoms. The van der Waals surface area contributed by atoms with Crippen molar-refractivity contribution in [1.29, 1.82) is 0 Å². The van der Waals surface area contributed by atoms with E-state index in [4.69, 9.17) is 22.9 Å². The van der Waals surface area contributed by atoms with E-state index in [1.807, 2.05) is 0 Å². The van der Waals surface area contributed by atoms with Crippen LogP contribution < -0.4 is 49.5 Å². The number of carbonyl (C=O) groups is 5. The third kappa shape index (κ3) is 14.9. The third-order valence-electron chi connectivity index (χ3n) is 7.26. The van der Waals surface area contributed by atoms with Crippen LogP contribution in [0.25, 0.3) is 0 Å². The molecule has 0 aromatic heterocycles. The van der Waals surface area contributed by atoms with Crippen molar-refractivity contribution >= 4 is 35.5 Å². The first kappa shape index (κ1) is 36.9. The van der Waals surface area contributed by atoms with E-state index in [0.29, 0.717) is 70.0 Å². The number of unbranched alkanes of at least 4 members (excludes halogenated alkanes) is 2. The lowest BCUT2D eigenvalue weighted by Crippen LogP contribution is -2.54. The van der Waals surface area contributed by atoms with Gasteiger partial charge in [0.25, 0.3) is 0 Å². The standard InChI is InChI=1S/C30H50N10O5/c31-13-4-1-10-22-27(43)35-15-6-3-12-23(40-30(33)34)28(44)37-19-26(42)36-18-21-9-7-8-20(16-21)17-25(41)38-24(29(45)39-22)11-2-5-14-32/h7-9,16,22-24H,1-6,10-15,17-19,31-32H2,(H,35,43)(H,36,42)(H,37,44)(H,38,41)(H,39,45)(H4,33,34,40)/t22-,23+,24-/m0/s1. The van der Waals surface area contributed by atoms with Crippen LogP contribution in [0.5, 0.6) is 0 Å². The molecule has 1 aliphatic heterocycles. The lowest BCUT2D eigenvalue weighted by molar-refractivity contribution is -0.132. The summed E-state index contributed by atoms with van der Waals surface area (Å²) in [6.45, 7) is 1.10. The van der Waals surface area contributed by atoms with E-state index in [1.54, 1.807) is 24.3 Å². The molecule has 0 fully saturated rings. The number of fused-ring (bicyclic) bond motifs is 2. The molecule has 1 aromatic rings. The molecule has 0 saturated heterocycles. The SMILES string of the molecule is NCCCC[C@@H]1NC(=O)Cc2cccc(c2)CNC(=O)CNC(=O)[C@H](N=C(N)N)CCCCNC(=O)[C@H](CCCCN)NC1=O. The first-order valence-corrected chi connectivity index (χ1v) is 15.6. The summed E-state index contributed by atoms with van der Waals surface area (Å²) in [5, 5.41) is 13.8. The van der Waals surface area contributed by atoms with E-state index in [2.05, 4.69) is 31.6 Å². The molecule has 5 amide bonds. The van der Waals surface area contributed by atoms with Gasteiger partial charge in [-0.25, -0.2) is 4.99 Å². The van der Waals surface area contributed by atoms with Crippen molar-refractivity contribution in [3.05, 3.63) is 35.4 Å². The van der Waals surface area contributed by atoms with E-state index in [1.165, 1.54) is 0 Å². The molecule has 45 heavy (non-hydrogen) atoms. The summed E-state index contributed by atoms with van der Waals surface area (Å²) in [6, 6.07) is 4.55. The molecule has 0 radical (unpaired) electrons. The molecule has 1 aromatic carbocycles. The average molecular weight is 631 g/mol. The fourth-order valence-electron chi connectivity index (χ4n) is 4.86. The molecule has 13 N–H and O–H groups in total. The van der Waals surface area contributed by atoms with Crippen LogP contribution in [0.15, 0.2) is 29.3 Å². The zero-order valence-corrected chi connectivity index (χ0v) is 25.9. The maximum Gasteiger partial charge on any atom is 0.245 e. The summed E-state index contributed by atoms with van der Waals surface area (Å²) in [4.78, 5) is 68.8. The van der Waals surface area contributed by atoms with Gasteiger partial charge in [-0.05, 0) is 82.0 Å². The molecular weight excluding hydrogens is 580 g/mol. The fraction of sp³-hybridized carbons (Fsp3) is 0.600. The highest BCUT2D eigenvalue weighted by molar-refractivity contribution is 5.92. The van der Waals surface area contributed by atoms with Crippen LogP contribution >= 0.6 is 0 Å². The number of hydrogen-bond acceptors (Lipinski definition) is 8. The minimum absolute atomic E-state index is 0.00507. The predicted molar refractivity (Wildman–Crippen MR) is 171 cm³/mol. The van der Waals surface area contributed by atoms with Crippen LogP contribution in [-0.4, -0.2) is 79.8 Å². The Morgan fingerprint density at radius 2 is 1.40 bits per heavy atom. The van der Waals surface area contributed by atoms with Crippen molar-refractivity contribution in [2.45, 2.75) is 88.9 Å². The molecular formula is C30H50N10O5. The second-order valence-corrected chi connectivity index (χ2v) is 11.1. The quantitative estimate of drug-likeness (QED) is 0.0839.